The molecule has 1 aromatic heterocycles. The molecule has 1 heterocycles. The predicted octanol–water partition coefficient (Wildman–Crippen LogP) is 3.57. The summed E-state index contributed by atoms with van der Waals surface area (Å²) in [6.45, 7) is 2.02. The van der Waals surface area contributed by atoms with E-state index in [0.717, 1.165) is 11.1 Å². The minimum Gasteiger partial charge on any atom is -0.497 e. The van der Waals surface area contributed by atoms with Gasteiger partial charge < -0.3 is 14.8 Å². The zero-order valence-corrected chi connectivity index (χ0v) is 16.1. The number of hydrogen-bond donors (Lipinski definition) is 2. The van der Waals surface area contributed by atoms with Gasteiger partial charge in [0.15, 0.2) is 10.6 Å². The minimum absolute atomic E-state index is 0.0216. The maximum atomic E-state index is 12.6. The van der Waals surface area contributed by atoms with E-state index >= 15 is 0 Å². The monoisotopic (exact) mass is 384 g/mol. The fourth-order valence-corrected chi connectivity index (χ4v) is 2.90. The molecular formula is C19H20N4O3S. The highest BCUT2D eigenvalue weighted by molar-refractivity contribution is 7.71. The molecule has 0 saturated carbocycles. The van der Waals surface area contributed by atoms with E-state index < -0.39 is 0 Å². The molecule has 140 valence electrons. The van der Waals surface area contributed by atoms with E-state index in [4.69, 9.17) is 21.7 Å². The van der Waals surface area contributed by atoms with Crippen molar-refractivity contribution in [1.29, 1.82) is 0 Å². The van der Waals surface area contributed by atoms with Gasteiger partial charge in [-0.2, -0.15) is 5.10 Å². The topological polar surface area (TPSA) is 81.2 Å². The van der Waals surface area contributed by atoms with Gasteiger partial charge in [-0.1, -0.05) is 23.8 Å². The Hall–Kier alpha value is -3.13. The van der Waals surface area contributed by atoms with Crippen molar-refractivity contribution in [3.63, 3.8) is 0 Å². The molecule has 0 saturated heterocycles. The van der Waals surface area contributed by atoms with E-state index in [0.29, 0.717) is 27.8 Å². The Bertz CT molecular complexity index is 1030. The van der Waals surface area contributed by atoms with Crippen LogP contribution in [0.2, 0.25) is 0 Å². The summed E-state index contributed by atoms with van der Waals surface area (Å²) < 4.78 is 12.5. The number of H-pyrrole nitrogens is 1. The van der Waals surface area contributed by atoms with E-state index in [1.807, 2.05) is 31.2 Å². The number of carbonyl (C=O) groups is 1. The fraction of sp³-hybridized carbons (Fsp3) is 0.211. The molecule has 8 heteroatoms. The van der Waals surface area contributed by atoms with Gasteiger partial charge in [-0.25, -0.2) is 0 Å². The van der Waals surface area contributed by atoms with Crippen LogP contribution < -0.4 is 14.8 Å². The lowest BCUT2D eigenvalue weighted by Gasteiger charge is -2.12. The van der Waals surface area contributed by atoms with Crippen molar-refractivity contribution in [2.45, 2.75) is 13.5 Å². The molecule has 0 spiro atoms. The molecule has 0 unspecified atom stereocenters. The molecular weight excluding hydrogens is 364 g/mol. The van der Waals surface area contributed by atoms with Crippen molar-refractivity contribution in [2.75, 3.05) is 19.5 Å². The summed E-state index contributed by atoms with van der Waals surface area (Å²) in [5.74, 6) is 1.52. The summed E-state index contributed by atoms with van der Waals surface area (Å²) in [5, 5.41) is 9.86. The van der Waals surface area contributed by atoms with E-state index in [1.54, 1.807) is 29.9 Å². The van der Waals surface area contributed by atoms with Gasteiger partial charge in [0.05, 0.1) is 19.9 Å². The Morgan fingerprint density at radius 3 is 2.74 bits per heavy atom. The number of hydrogen-bond acceptors (Lipinski definition) is 5. The quantitative estimate of drug-likeness (QED) is 0.635. The van der Waals surface area contributed by atoms with Crippen LogP contribution in [0.5, 0.6) is 11.5 Å². The number of ether oxygens (including phenoxy) is 2. The second-order valence-corrected chi connectivity index (χ2v) is 6.31. The molecule has 0 radical (unpaired) electrons. The van der Waals surface area contributed by atoms with Crippen molar-refractivity contribution in [1.82, 2.24) is 14.8 Å². The van der Waals surface area contributed by atoms with Crippen molar-refractivity contribution in [3.8, 4) is 22.9 Å². The number of anilines is 1. The number of nitrogens with one attached hydrogen (secondary N) is 2. The maximum absolute atomic E-state index is 12.6. The molecule has 0 bridgehead atoms. The number of aromatic amines is 1. The highest BCUT2D eigenvalue weighted by Gasteiger charge is 2.14. The van der Waals surface area contributed by atoms with Crippen molar-refractivity contribution >= 4 is 23.8 Å². The molecule has 7 nitrogen and oxygen atoms in total. The van der Waals surface area contributed by atoms with Crippen molar-refractivity contribution < 1.29 is 14.3 Å². The van der Waals surface area contributed by atoms with Crippen molar-refractivity contribution in [3.05, 3.63) is 52.8 Å². The smallest absolute Gasteiger partial charge is 0.244 e. The fourth-order valence-electron chi connectivity index (χ4n) is 2.70. The first kappa shape index (κ1) is 18.7. The molecule has 2 N–H and O–H groups in total. The Morgan fingerprint density at radius 2 is 2.04 bits per heavy atom. The van der Waals surface area contributed by atoms with E-state index in [-0.39, 0.29) is 12.5 Å². The number of methoxy groups -OCH3 is 2. The first-order valence-electron chi connectivity index (χ1n) is 8.26. The summed E-state index contributed by atoms with van der Waals surface area (Å²) in [5.41, 5.74) is 2.54. The van der Waals surface area contributed by atoms with E-state index in [1.165, 1.54) is 7.11 Å². The van der Waals surface area contributed by atoms with Crippen LogP contribution in [0.1, 0.15) is 5.56 Å². The van der Waals surface area contributed by atoms with Gasteiger partial charge >= 0.3 is 0 Å². The summed E-state index contributed by atoms with van der Waals surface area (Å²) in [6, 6.07) is 13.0. The second-order valence-electron chi connectivity index (χ2n) is 5.92. The zero-order valence-electron chi connectivity index (χ0n) is 15.3. The maximum Gasteiger partial charge on any atom is 0.244 e. The molecule has 0 aliphatic heterocycles. The van der Waals surface area contributed by atoms with Gasteiger partial charge in [-0.15, -0.1) is 0 Å². The molecule has 0 atom stereocenters. The molecule has 2 aromatic carbocycles. The summed E-state index contributed by atoms with van der Waals surface area (Å²) >= 11 is 5.29. The first-order chi connectivity index (χ1) is 13.0. The zero-order chi connectivity index (χ0) is 19.4. The predicted molar refractivity (Wildman–Crippen MR) is 106 cm³/mol. The van der Waals surface area contributed by atoms with Crippen LogP contribution in [0.4, 0.5) is 5.69 Å². The van der Waals surface area contributed by atoms with Gasteiger partial charge in [0, 0.05) is 11.6 Å². The van der Waals surface area contributed by atoms with Crippen LogP contribution in [-0.4, -0.2) is 34.9 Å². The summed E-state index contributed by atoms with van der Waals surface area (Å²) in [4.78, 5) is 12.6. The SMILES string of the molecule is COc1ccc(NC(=O)Cn2c(-c3cccc(C)c3)n[nH]c2=S)c(OC)c1. The van der Waals surface area contributed by atoms with Gasteiger partial charge in [0.2, 0.25) is 5.91 Å². The standard InChI is InChI=1S/C19H20N4O3S/c1-12-5-4-6-13(9-12)18-21-22-19(27)23(18)11-17(24)20-15-8-7-14(25-2)10-16(15)26-3/h4-10H,11H2,1-3H3,(H,20,24)(H,22,27). The largest absolute Gasteiger partial charge is 0.497 e. The lowest BCUT2D eigenvalue weighted by atomic mass is 10.1. The van der Waals surface area contributed by atoms with Crippen LogP contribution in [0, 0.1) is 11.7 Å². The number of amides is 1. The van der Waals surface area contributed by atoms with Crippen LogP contribution in [0.3, 0.4) is 0 Å². The first-order valence-corrected chi connectivity index (χ1v) is 8.66. The highest BCUT2D eigenvalue weighted by atomic mass is 32.1. The Morgan fingerprint density at radius 1 is 1.22 bits per heavy atom. The van der Waals surface area contributed by atoms with Crippen molar-refractivity contribution in [2.24, 2.45) is 0 Å². The minimum atomic E-state index is -0.245. The summed E-state index contributed by atoms with van der Waals surface area (Å²) in [7, 11) is 3.10. The molecule has 0 aliphatic carbocycles. The molecule has 0 aliphatic rings. The lowest BCUT2D eigenvalue weighted by molar-refractivity contribution is -0.116. The normalized spacial score (nSPS) is 10.5. The number of carbonyl (C=O) groups excluding carboxylic acids is 1. The molecule has 0 fully saturated rings. The number of aryl methyl sites for hydroxylation is 1. The lowest BCUT2D eigenvalue weighted by Crippen LogP contribution is -2.20. The Balaban J connectivity index is 1.83. The Kier molecular flexibility index (Phi) is 5.56. The second kappa shape index (κ2) is 8.05. The van der Waals surface area contributed by atoms with Crippen LogP contribution >= 0.6 is 12.2 Å². The average molecular weight is 384 g/mol. The third-order valence-electron chi connectivity index (χ3n) is 4.02. The number of rotatable bonds is 6. The van der Waals surface area contributed by atoms with E-state index in [9.17, 15) is 4.79 Å². The number of aromatic nitrogens is 3. The van der Waals surface area contributed by atoms with Gasteiger partial charge in [-0.3, -0.25) is 14.5 Å². The van der Waals surface area contributed by atoms with Crippen LogP contribution in [-0.2, 0) is 11.3 Å². The average Bonchev–Trinajstić information content (AvgIpc) is 3.02. The van der Waals surface area contributed by atoms with E-state index in [2.05, 4.69) is 15.5 Å². The van der Waals surface area contributed by atoms with Crippen LogP contribution in [0.25, 0.3) is 11.4 Å². The van der Waals surface area contributed by atoms with Gasteiger partial charge in [0.1, 0.15) is 18.0 Å². The van der Waals surface area contributed by atoms with Gasteiger partial charge in [0.25, 0.3) is 0 Å². The Labute approximate surface area is 161 Å². The molecule has 1 amide bonds. The number of benzene rings is 2. The number of nitrogens with zero attached hydrogens (tertiary/aromatic N) is 2. The highest BCUT2D eigenvalue weighted by Crippen LogP contribution is 2.29. The third kappa shape index (κ3) is 4.17. The molecule has 3 aromatic rings. The molecule has 27 heavy (non-hydrogen) atoms. The van der Waals surface area contributed by atoms with Crippen LogP contribution in [0.15, 0.2) is 42.5 Å². The summed E-state index contributed by atoms with van der Waals surface area (Å²) in [6.07, 6.45) is 0. The molecule has 3 rings (SSSR count). The third-order valence-corrected chi connectivity index (χ3v) is 4.33. The van der Waals surface area contributed by atoms with Gasteiger partial charge in [-0.05, 0) is 37.3 Å².